The molecule has 0 aliphatic carbocycles. The average Bonchev–Trinajstić information content (AvgIpc) is 3.18. The van der Waals surface area contributed by atoms with E-state index in [9.17, 15) is 0 Å². The van der Waals surface area contributed by atoms with Crippen LogP contribution < -0.4 is 0 Å². The molecule has 0 N–H and O–H groups in total. The molecule has 22 heavy (non-hydrogen) atoms. The van der Waals surface area contributed by atoms with Gasteiger partial charge in [0, 0.05) is 11.5 Å². The summed E-state index contributed by atoms with van der Waals surface area (Å²) in [5.41, 5.74) is 3.13. The molecule has 1 atom stereocenters. The Morgan fingerprint density at radius 3 is 2.14 bits per heavy atom. The van der Waals surface area contributed by atoms with Crippen LogP contribution in [0.4, 0.5) is 0 Å². The summed E-state index contributed by atoms with van der Waals surface area (Å²) in [6.07, 6.45) is 3.85. The van der Waals surface area contributed by atoms with Gasteiger partial charge >= 0.3 is 0 Å². The van der Waals surface area contributed by atoms with Gasteiger partial charge in [-0.15, -0.1) is 0 Å². The molecule has 2 aromatic rings. The lowest BCUT2D eigenvalue weighted by atomic mass is 9.27. The third-order valence-electron chi connectivity index (χ3n) is 5.78. The molecule has 0 amide bonds. The van der Waals surface area contributed by atoms with Crippen molar-refractivity contribution in [2.24, 2.45) is 0 Å². The summed E-state index contributed by atoms with van der Waals surface area (Å²) in [7, 11) is 2.41. The normalized spacial score (nSPS) is 23.5. The van der Waals surface area contributed by atoms with Gasteiger partial charge in [0.05, 0.1) is 7.17 Å². The minimum atomic E-state index is 0.149. The van der Waals surface area contributed by atoms with Gasteiger partial charge in [-0.2, -0.15) is 0 Å². The second-order valence-electron chi connectivity index (χ2n) is 6.70. The molecule has 109 valence electrons. The van der Waals surface area contributed by atoms with Crippen molar-refractivity contribution in [2.45, 2.75) is 37.4 Å². The van der Waals surface area contributed by atoms with E-state index in [4.69, 9.17) is 0 Å². The zero-order chi connectivity index (χ0) is 15.0. The third-order valence-corrected chi connectivity index (χ3v) is 5.78. The lowest BCUT2D eigenvalue weighted by Gasteiger charge is -2.37. The van der Waals surface area contributed by atoms with Gasteiger partial charge in [0.15, 0.2) is 6.74 Å². The molecule has 0 spiro atoms. The van der Waals surface area contributed by atoms with Crippen molar-refractivity contribution in [1.29, 1.82) is 0 Å². The lowest BCUT2D eigenvalue weighted by molar-refractivity contribution is 0.339. The van der Waals surface area contributed by atoms with Crippen molar-refractivity contribution in [3.05, 3.63) is 71.8 Å². The van der Waals surface area contributed by atoms with E-state index in [1.807, 2.05) is 0 Å². The number of hydrogen-bond donors (Lipinski definition) is 0. The molecular weight excluding hydrogens is 264 g/mol. The summed E-state index contributed by atoms with van der Waals surface area (Å²) in [6.45, 7) is 4.08. The van der Waals surface area contributed by atoms with Crippen LogP contribution in [0.5, 0.6) is 0 Å². The Labute approximate surface area is 135 Å². The molecule has 2 aromatic carbocycles. The van der Waals surface area contributed by atoms with Crippen LogP contribution in [0.25, 0.3) is 0 Å². The second kappa shape index (κ2) is 5.62. The van der Waals surface area contributed by atoms with Gasteiger partial charge in [-0.3, -0.25) is 0 Å². The van der Waals surface area contributed by atoms with Crippen LogP contribution in [0.2, 0.25) is 13.1 Å². The van der Waals surface area contributed by atoms with Crippen LogP contribution in [0.3, 0.4) is 0 Å². The van der Waals surface area contributed by atoms with Crippen LogP contribution >= 0.6 is 0 Å². The predicted octanol–water partition coefficient (Wildman–Crippen LogP) is 3.69. The number of fused-ring (bicyclic) bond motifs is 1. The van der Waals surface area contributed by atoms with Gasteiger partial charge < -0.3 is 4.81 Å². The van der Waals surface area contributed by atoms with Crippen LogP contribution in [0.15, 0.2) is 60.7 Å². The van der Waals surface area contributed by atoms with E-state index in [2.05, 4.69) is 79.5 Å². The zero-order valence-corrected chi connectivity index (χ0v) is 13.3. The summed E-state index contributed by atoms with van der Waals surface area (Å²) in [4.78, 5) is 2.75. The first-order valence-electron chi connectivity index (χ1n) is 8.52. The SMILES string of the molecule is C[B]B1CC(c2ccccc2)(c2ccccc2)[C@@H]2CCCN12. The Kier molecular flexibility index (Phi) is 3.62. The zero-order valence-electron chi connectivity index (χ0n) is 13.3. The smallest absolute Gasteiger partial charge is 0.180 e. The summed E-state index contributed by atoms with van der Waals surface area (Å²) < 4.78 is 0. The summed E-state index contributed by atoms with van der Waals surface area (Å²) in [5.74, 6) is 0. The Morgan fingerprint density at radius 1 is 1.00 bits per heavy atom. The van der Waals surface area contributed by atoms with E-state index in [1.165, 1.54) is 36.8 Å². The fourth-order valence-electron chi connectivity index (χ4n) is 4.87. The first kappa shape index (κ1) is 14.1. The quantitative estimate of drug-likeness (QED) is 0.778. The van der Waals surface area contributed by atoms with Crippen LogP contribution in [-0.4, -0.2) is 31.3 Å². The van der Waals surface area contributed by atoms with Gasteiger partial charge in [-0.1, -0.05) is 73.8 Å². The highest BCUT2D eigenvalue weighted by molar-refractivity contribution is 7.11. The van der Waals surface area contributed by atoms with E-state index in [1.54, 1.807) is 0 Å². The fourth-order valence-corrected chi connectivity index (χ4v) is 4.87. The molecule has 0 saturated carbocycles. The van der Waals surface area contributed by atoms with Crippen LogP contribution in [-0.2, 0) is 5.41 Å². The molecule has 0 bridgehead atoms. The first-order valence-corrected chi connectivity index (χ1v) is 8.52. The molecule has 0 aromatic heterocycles. The second-order valence-corrected chi connectivity index (χ2v) is 6.70. The molecule has 2 aliphatic heterocycles. The summed E-state index contributed by atoms with van der Waals surface area (Å²) >= 11 is 0. The van der Waals surface area contributed by atoms with E-state index in [-0.39, 0.29) is 5.41 Å². The Bertz CT molecular complexity index is 589. The van der Waals surface area contributed by atoms with E-state index >= 15 is 0 Å². The van der Waals surface area contributed by atoms with Gasteiger partial charge in [0.2, 0.25) is 0 Å². The minimum Gasteiger partial charge on any atom is -0.346 e. The Morgan fingerprint density at radius 2 is 1.59 bits per heavy atom. The number of benzene rings is 2. The molecule has 2 saturated heterocycles. The minimum absolute atomic E-state index is 0.149. The standard InChI is InChI=1S/C19H22B2N/c1-20-21-15-19(16-9-4-2-5-10-16,17-11-6-3-7-12-17)18-13-8-14-22(18)21/h2-7,9-12,18H,8,13-15H2,1H3/t18-/m0/s1. The highest BCUT2D eigenvalue weighted by atomic mass is 15.2. The lowest BCUT2D eigenvalue weighted by Crippen LogP contribution is -2.42. The van der Waals surface area contributed by atoms with E-state index in [0.29, 0.717) is 12.8 Å². The van der Waals surface area contributed by atoms with Gasteiger partial charge in [-0.05, 0) is 30.5 Å². The van der Waals surface area contributed by atoms with Crippen LogP contribution in [0, 0.1) is 0 Å². The topological polar surface area (TPSA) is 3.24 Å². The number of rotatable bonds is 3. The molecule has 2 aliphatic rings. The average molecular weight is 286 g/mol. The van der Waals surface area contributed by atoms with Gasteiger partial charge in [0.25, 0.3) is 0 Å². The predicted molar refractivity (Wildman–Crippen MR) is 95.6 cm³/mol. The maximum absolute atomic E-state index is 2.75. The molecule has 4 rings (SSSR count). The largest absolute Gasteiger partial charge is 0.346 e. The highest BCUT2D eigenvalue weighted by Crippen LogP contribution is 2.51. The Balaban J connectivity index is 1.90. The van der Waals surface area contributed by atoms with Crippen molar-refractivity contribution in [3.8, 4) is 0 Å². The number of hydrogen-bond acceptors (Lipinski definition) is 1. The fraction of sp³-hybridized carbons (Fsp3) is 0.368. The van der Waals surface area contributed by atoms with Crippen LogP contribution in [0.1, 0.15) is 24.0 Å². The summed E-state index contributed by atoms with van der Waals surface area (Å²) in [5, 5.41) is 0. The molecule has 2 fully saturated rings. The van der Waals surface area contributed by atoms with Gasteiger partial charge in [0.1, 0.15) is 0 Å². The molecule has 1 nitrogen and oxygen atoms in total. The van der Waals surface area contributed by atoms with Crippen molar-refractivity contribution in [2.75, 3.05) is 6.54 Å². The van der Waals surface area contributed by atoms with Crippen molar-refractivity contribution < 1.29 is 0 Å². The molecule has 0 unspecified atom stereocenters. The third kappa shape index (κ3) is 1.99. The maximum atomic E-state index is 2.75. The first-order chi connectivity index (χ1) is 10.9. The molecular formula is C19H22B2N. The van der Waals surface area contributed by atoms with Crippen molar-refractivity contribution in [1.82, 2.24) is 4.81 Å². The molecule has 3 heteroatoms. The highest BCUT2D eigenvalue weighted by Gasteiger charge is 2.55. The van der Waals surface area contributed by atoms with Crippen molar-refractivity contribution >= 4 is 13.9 Å². The molecule has 2 heterocycles. The van der Waals surface area contributed by atoms with Crippen molar-refractivity contribution in [3.63, 3.8) is 0 Å². The Hall–Kier alpha value is -1.47. The summed E-state index contributed by atoms with van der Waals surface area (Å²) in [6, 6.07) is 23.0. The maximum Gasteiger partial charge on any atom is 0.180 e. The monoisotopic (exact) mass is 286 g/mol. The molecule has 1 radical (unpaired) electrons. The number of nitrogens with zero attached hydrogens (tertiary/aromatic N) is 1. The van der Waals surface area contributed by atoms with E-state index < -0.39 is 0 Å². The van der Waals surface area contributed by atoms with E-state index in [0.717, 1.165) is 0 Å². The van der Waals surface area contributed by atoms with Gasteiger partial charge in [-0.25, -0.2) is 0 Å².